The predicted octanol–water partition coefficient (Wildman–Crippen LogP) is 5.92. The number of nitrogens with zero attached hydrogens (tertiary/aromatic N) is 4. The molecule has 1 heterocycles. The molecule has 0 aliphatic rings. The summed E-state index contributed by atoms with van der Waals surface area (Å²) < 4.78 is 5.26. The third kappa shape index (κ3) is 5.86. The fourth-order valence-corrected chi connectivity index (χ4v) is 3.68. The highest BCUT2D eigenvalue weighted by Gasteiger charge is 2.17. The average Bonchev–Trinajstić information content (AvgIpc) is 2.81. The van der Waals surface area contributed by atoms with Crippen LogP contribution in [-0.2, 0) is 0 Å². The number of aromatic nitrogens is 2. The van der Waals surface area contributed by atoms with Crippen molar-refractivity contribution in [1.29, 1.82) is 5.26 Å². The lowest BCUT2D eigenvalue weighted by atomic mass is 10.1. The monoisotopic (exact) mass is 445 g/mol. The minimum Gasteiger partial charge on any atom is -0.497 e. The molecule has 0 amide bonds. The van der Waals surface area contributed by atoms with Gasteiger partial charge >= 0.3 is 0 Å². The third-order valence-electron chi connectivity index (χ3n) is 4.71. The maximum Gasteiger partial charge on any atom is 0.190 e. The van der Waals surface area contributed by atoms with Gasteiger partial charge in [-0.05, 0) is 49.6 Å². The first-order valence-corrected chi connectivity index (χ1v) is 11.4. The molecule has 3 rings (SSSR count). The van der Waals surface area contributed by atoms with Gasteiger partial charge in [-0.1, -0.05) is 55.4 Å². The van der Waals surface area contributed by atoms with E-state index in [0.717, 1.165) is 28.3 Å². The summed E-state index contributed by atoms with van der Waals surface area (Å²) >= 11 is 1.57. The van der Waals surface area contributed by atoms with Crippen molar-refractivity contribution >= 4 is 23.3 Å². The summed E-state index contributed by atoms with van der Waals surface area (Å²) in [7, 11) is 1.62. The van der Waals surface area contributed by atoms with Crippen molar-refractivity contribution < 1.29 is 4.74 Å². The van der Waals surface area contributed by atoms with Gasteiger partial charge in [0.25, 0.3) is 0 Å². The minimum atomic E-state index is 0.351. The minimum absolute atomic E-state index is 0.351. The van der Waals surface area contributed by atoms with Gasteiger partial charge in [0.2, 0.25) is 0 Å². The molecule has 1 aromatic heterocycles. The van der Waals surface area contributed by atoms with Crippen molar-refractivity contribution in [2.75, 3.05) is 18.3 Å². The highest BCUT2D eigenvalue weighted by molar-refractivity contribution is 7.99. The fraction of sp³-hybridized carbons (Fsp3) is 0.280. The van der Waals surface area contributed by atoms with E-state index in [4.69, 9.17) is 9.72 Å². The van der Waals surface area contributed by atoms with Crippen molar-refractivity contribution in [3.05, 3.63) is 65.2 Å². The van der Waals surface area contributed by atoms with Gasteiger partial charge in [-0.15, -0.1) is 0 Å². The number of nitriles is 1. The Kier molecular flexibility index (Phi) is 7.85. The second kappa shape index (κ2) is 10.8. The van der Waals surface area contributed by atoms with Crippen LogP contribution in [0.3, 0.4) is 0 Å². The Morgan fingerprint density at radius 3 is 2.41 bits per heavy atom. The van der Waals surface area contributed by atoms with Crippen molar-refractivity contribution in [3.8, 4) is 23.1 Å². The summed E-state index contributed by atoms with van der Waals surface area (Å²) in [6.07, 6.45) is 0. The number of aryl methyl sites for hydroxylation is 1. The Bertz CT molecular complexity index is 1130. The first-order valence-electron chi connectivity index (χ1n) is 10.4. The van der Waals surface area contributed by atoms with Gasteiger partial charge in [0.05, 0.1) is 18.5 Å². The number of hydrazone groups is 1. The van der Waals surface area contributed by atoms with Crippen LogP contribution in [0, 0.1) is 24.2 Å². The first-order chi connectivity index (χ1) is 15.4. The fourth-order valence-electron chi connectivity index (χ4n) is 2.89. The van der Waals surface area contributed by atoms with Crippen LogP contribution in [0.1, 0.15) is 37.5 Å². The number of ether oxygens (including phenoxy) is 1. The van der Waals surface area contributed by atoms with Gasteiger partial charge in [-0.3, -0.25) is 5.43 Å². The number of hydrogen-bond donors (Lipinski definition) is 1. The Morgan fingerprint density at radius 2 is 1.81 bits per heavy atom. The molecule has 0 saturated carbocycles. The first kappa shape index (κ1) is 23.3. The van der Waals surface area contributed by atoms with Gasteiger partial charge in [-0.25, -0.2) is 9.97 Å². The van der Waals surface area contributed by atoms with Crippen LogP contribution in [0.25, 0.3) is 11.3 Å². The Morgan fingerprint density at radius 1 is 1.12 bits per heavy atom. The van der Waals surface area contributed by atoms with E-state index in [1.165, 1.54) is 5.56 Å². The number of rotatable bonds is 8. The van der Waals surface area contributed by atoms with E-state index in [-0.39, 0.29) is 0 Å². The lowest BCUT2D eigenvalue weighted by Crippen LogP contribution is -2.06. The van der Waals surface area contributed by atoms with Crippen LogP contribution in [0.5, 0.6) is 5.75 Å². The van der Waals surface area contributed by atoms with Crippen LogP contribution >= 0.6 is 11.8 Å². The number of hydrogen-bond acceptors (Lipinski definition) is 7. The largest absolute Gasteiger partial charge is 0.497 e. The average molecular weight is 446 g/mol. The second-order valence-corrected chi connectivity index (χ2v) is 8.79. The summed E-state index contributed by atoms with van der Waals surface area (Å²) in [5, 5.41) is 15.0. The molecule has 0 atom stereocenters. The SMILES string of the molecule is COc1ccc(-c2nc(SCC(C)C)nc(N/N=C(/C)c3ccc(C)cc3)c2C#N)cc1. The summed E-state index contributed by atoms with van der Waals surface area (Å²) in [6.45, 7) is 8.26. The van der Waals surface area contributed by atoms with E-state index < -0.39 is 0 Å². The lowest BCUT2D eigenvalue weighted by Gasteiger charge is -2.12. The molecular weight excluding hydrogens is 418 g/mol. The number of methoxy groups -OCH3 is 1. The molecule has 164 valence electrons. The molecule has 0 spiro atoms. The van der Waals surface area contributed by atoms with E-state index in [9.17, 15) is 5.26 Å². The maximum absolute atomic E-state index is 9.93. The van der Waals surface area contributed by atoms with E-state index >= 15 is 0 Å². The zero-order chi connectivity index (χ0) is 23.1. The molecule has 0 radical (unpaired) electrons. The van der Waals surface area contributed by atoms with Crippen molar-refractivity contribution in [3.63, 3.8) is 0 Å². The number of benzene rings is 2. The quantitative estimate of drug-likeness (QED) is 0.201. The molecule has 3 aromatic rings. The van der Waals surface area contributed by atoms with Crippen molar-refractivity contribution in [2.45, 2.75) is 32.9 Å². The Labute approximate surface area is 193 Å². The number of thioether (sulfide) groups is 1. The normalized spacial score (nSPS) is 11.3. The highest BCUT2D eigenvalue weighted by Crippen LogP contribution is 2.30. The smallest absolute Gasteiger partial charge is 0.190 e. The van der Waals surface area contributed by atoms with E-state index in [1.54, 1.807) is 18.9 Å². The molecule has 0 unspecified atom stereocenters. The van der Waals surface area contributed by atoms with Crippen LogP contribution in [0.2, 0.25) is 0 Å². The van der Waals surface area contributed by atoms with Crippen molar-refractivity contribution in [1.82, 2.24) is 9.97 Å². The molecule has 0 bridgehead atoms. The highest BCUT2D eigenvalue weighted by atomic mass is 32.2. The van der Waals surface area contributed by atoms with Crippen LogP contribution in [0.15, 0.2) is 58.8 Å². The summed E-state index contributed by atoms with van der Waals surface area (Å²) in [4.78, 5) is 9.30. The van der Waals surface area contributed by atoms with Gasteiger partial charge in [0.15, 0.2) is 11.0 Å². The van der Waals surface area contributed by atoms with Gasteiger partial charge in [-0.2, -0.15) is 10.4 Å². The maximum atomic E-state index is 9.93. The van der Waals surface area contributed by atoms with Gasteiger partial charge in [0, 0.05) is 11.3 Å². The molecule has 0 fully saturated rings. The van der Waals surface area contributed by atoms with Crippen LogP contribution < -0.4 is 10.2 Å². The topological polar surface area (TPSA) is 83.2 Å². The molecule has 0 aliphatic carbocycles. The molecule has 6 nitrogen and oxygen atoms in total. The Hall–Kier alpha value is -3.37. The molecular formula is C25H27N5OS. The van der Waals surface area contributed by atoms with Gasteiger partial charge in [0.1, 0.15) is 17.4 Å². The lowest BCUT2D eigenvalue weighted by molar-refractivity contribution is 0.415. The molecule has 1 N–H and O–H groups in total. The predicted molar refractivity (Wildman–Crippen MR) is 131 cm³/mol. The van der Waals surface area contributed by atoms with E-state index in [1.807, 2.05) is 62.4 Å². The molecule has 0 saturated heterocycles. The van der Waals surface area contributed by atoms with Gasteiger partial charge < -0.3 is 4.74 Å². The second-order valence-electron chi connectivity index (χ2n) is 7.80. The van der Waals surface area contributed by atoms with Crippen LogP contribution in [0.4, 0.5) is 5.82 Å². The van der Waals surface area contributed by atoms with Crippen LogP contribution in [-0.4, -0.2) is 28.5 Å². The standard InChI is InChI=1S/C25H27N5OS/c1-16(2)15-32-25-27-23(20-10-12-21(31-5)13-11-20)22(14-26)24(28-25)30-29-18(4)19-8-6-17(3)7-9-19/h6-13,16H,15H2,1-5H3,(H,27,28,30)/b29-18-. The summed E-state index contributed by atoms with van der Waals surface area (Å²) in [5.74, 6) is 2.50. The molecule has 0 aliphatic heterocycles. The third-order valence-corrected chi connectivity index (χ3v) is 5.98. The summed E-state index contributed by atoms with van der Waals surface area (Å²) in [5.41, 5.74) is 7.74. The van der Waals surface area contributed by atoms with E-state index in [2.05, 4.69) is 35.4 Å². The molecule has 7 heteroatoms. The zero-order valence-corrected chi connectivity index (χ0v) is 19.8. The molecule has 2 aromatic carbocycles. The number of anilines is 1. The zero-order valence-electron chi connectivity index (χ0n) is 19.0. The Balaban J connectivity index is 2.02. The van der Waals surface area contributed by atoms with E-state index in [0.29, 0.717) is 28.1 Å². The number of nitrogens with one attached hydrogen (secondary N) is 1. The van der Waals surface area contributed by atoms with Crippen molar-refractivity contribution in [2.24, 2.45) is 11.0 Å². The molecule has 32 heavy (non-hydrogen) atoms. The summed E-state index contributed by atoms with van der Waals surface area (Å²) in [6, 6.07) is 17.9.